The number of hydrogen-bond acceptors (Lipinski definition) is 3. The van der Waals surface area contributed by atoms with Crippen LogP contribution in [0.3, 0.4) is 0 Å². The highest BCUT2D eigenvalue weighted by molar-refractivity contribution is 5.97. The summed E-state index contributed by atoms with van der Waals surface area (Å²) in [6.07, 6.45) is 3.56. The molecule has 1 saturated heterocycles. The van der Waals surface area contributed by atoms with Gasteiger partial charge in [0.05, 0.1) is 12.7 Å². The van der Waals surface area contributed by atoms with E-state index >= 15 is 0 Å². The van der Waals surface area contributed by atoms with Crippen molar-refractivity contribution in [1.82, 2.24) is 10.6 Å². The maximum absolute atomic E-state index is 12.3. The van der Waals surface area contributed by atoms with E-state index in [0.29, 0.717) is 29.9 Å². The molecule has 110 valence electrons. The molecule has 0 aromatic heterocycles. The van der Waals surface area contributed by atoms with E-state index in [9.17, 15) is 4.79 Å². The Bertz CT molecular complexity index is 474. The SMILES string of the molecule is COc1ccc(C)cc1C(=O)NCC1CCCC(C)N1. The van der Waals surface area contributed by atoms with Crippen molar-refractivity contribution in [3.8, 4) is 5.75 Å². The summed E-state index contributed by atoms with van der Waals surface area (Å²) in [7, 11) is 1.59. The molecule has 1 aliphatic rings. The predicted molar refractivity (Wildman–Crippen MR) is 80.3 cm³/mol. The Labute approximate surface area is 120 Å². The summed E-state index contributed by atoms with van der Waals surface area (Å²) < 4.78 is 5.25. The number of amides is 1. The summed E-state index contributed by atoms with van der Waals surface area (Å²) in [4.78, 5) is 12.3. The topological polar surface area (TPSA) is 50.4 Å². The molecule has 1 aromatic rings. The van der Waals surface area contributed by atoms with Crippen LogP contribution in [-0.4, -0.2) is 31.6 Å². The molecule has 0 bridgehead atoms. The van der Waals surface area contributed by atoms with Gasteiger partial charge in [-0.3, -0.25) is 4.79 Å². The molecule has 1 aromatic carbocycles. The highest BCUT2D eigenvalue weighted by Gasteiger charge is 2.19. The van der Waals surface area contributed by atoms with E-state index in [1.54, 1.807) is 7.11 Å². The molecule has 4 heteroatoms. The number of carbonyl (C=O) groups is 1. The number of carbonyl (C=O) groups excluding carboxylic acids is 1. The van der Waals surface area contributed by atoms with Gasteiger partial charge in [-0.1, -0.05) is 18.1 Å². The average molecular weight is 276 g/mol. The molecule has 0 saturated carbocycles. The Morgan fingerprint density at radius 1 is 1.45 bits per heavy atom. The van der Waals surface area contributed by atoms with Gasteiger partial charge in [0.1, 0.15) is 5.75 Å². The maximum atomic E-state index is 12.3. The summed E-state index contributed by atoms with van der Waals surface area (Å²) in [5.74, 6) is 0.559. The third-order valence-corrected chi connectivity index (χ3v) is 3.82. The van der Waals surface area contributed by atoms with E-state index in [4.69, 9.17) is 4.74 Å². The van der Waals surface area contributed by atoms with Gasteiger partial charge >= 0.3 is 0 Å². The van der Waals surface area contributed by atoms with E-state index < -0.39 is 0 Å². The normalized spacial score (nSPS) is 22.4. The van der Waals surface area contributed by atoms with Crippen molar-refractivity contribution in [1.29, 1.82) is 0 Å². The second kappa shape index (κ2) is 6.75. The summed E-state index contributed by atoms with van der Waals surface area (Å²) in [6.45, 7) is 4.83. The maximum Gasteiger partial charge on any atom is 0.255 e. The zero-order valence-corrected chi connectivity index (χ0v) is 12.5. The number of piperidine rings is 1. The summed E-state index contributed by atoms with van der Waals surface area (Å²) in [5, 5.41) is 6.53. The molecule has 0 radical (unpaired) electrons. The molecule has 0 spiro atoms. The van der Waals surface area contributed by atoms with E-state index in [2.05, 4.69) is 17.6 Å². The Morgan fingerprint density at radius 3 is 2.95 bits per heavy atom. The first-order valence-corrected chi connectivity index (χ1v) is 7.29. The molecule has 2 rings (SSSR count). The largest absolute Gasteiger partial charge is 0.496 e. The van der Waals surface area contributed by atoms with Crippen LogP contribution in [0.5, 0.6) is 5.75 Å². The lowest BCUT2D eigenvalue weighted by Gasteiger charge is -2.28. The minimum Gasteiger partial charge on any atom is -0.496 e. The van der Waals surface area contributed by atoms with E-state index in [-0.39, 0.29) is 5.91 Å². The molecular formula is C16H24N2O2. The lowest BCUT2D eigenvalue weighted by atomic mass is 9.99. The highest BCUT2D eigenvalue weighted by Crippen LogP contribution is 2.19. The van der Waals surface area contributed by atoms with Crippen LogP contribution in [0.25, 0.3) is 0 Å². The van der Waals surface area contributed by atoms with Crippen molar-refractivity contribution in [2.75, 3.05) is 13.7 Å². The van der Waals surface area contributed by atoms with Crippen LogP contribution in [-0.2, 0) is 0 Å². The number of benzene rings is 1. The molecule has 1 heterocycles. The monoisotopic (exact) mass is 276 g/mol. The summed E-state index contributed by atoms with van der Waals surface area (Å²) in [5.41, 5.74) is 1.66. The van der Waals surface area contributed by atoms with Gasteiger partial charge in [-0.05, 0) is 38.8 Å². The van der Waals surface area contributed by atoms with Crippen molar-refractivity contribution in [3.63, 3.8) is 0 Å². The second-order valence-electron chi connectivity index (χ2n) is 5.61. The van der Waals surface area contributed by atoms with Crippen LogP contribution in [0.4, 0.5) is 0 Å². The standard InChI is InChI=1S/C16H24N2O2/c1-11-7-8-15(20-3)14(9-11)16(19)17-10-13-6-4-5-12(2)18-13/h7-9,12-13,18H,4-6,10H2,1-3H3,(H,17,19). The Balaban J connectivity index is 1.96. The molecule has 2 unspecified atom stereocenters. The van der Waals surface area contributed by atoms with Crippen molar-refractivity contribution in [3.05, 3.63) is 29.3 Å². The summed E-state index contributed by atoms with van der Waals surface area (Å²) >= 11 is 0. The van der Waals surface area contributed by atoms with E-state index in [0.717, 1.165) is 12.0 Å². The summed E-state index contributed by atoms with van der Waals surface area (Å²) in [6, 6.07) is 6.56. The van der Waals surface area contributed by atoms with Gasteiger partial charge in [-0.25, -0.2) is 0 Å². The molecule has 2 atom stereocenters. The first-order chi connectivity index (χ1) is 9.60. The number of nitrogens with one attached hydrogen (secondary N) is 2. The van der Waals surface area contributed by atoms with Gasteiger partial charge in [-0.15, -0.1) is 0 Å². The zero-order chi connectivity index (χ0) is 14.5. The quantitative estimate of drug-likeness (QED) is 0.887. The van der Waals surface area contributed by atoms with Gasteiger partial charge in [0, 0.05) is 18.6 Å². The fraction of sp³-hybridized carbons (Fsp3) is 0.562. The number of hydrogen-bond donors (Lipinski definition) is 2. The van der Waals surface area contributed by atoms with Crippen LogP contribution in [0.1, 0.15) is 42.1 Å². The number of methoxy groups -OCH3 is 1. The van der Waals surface area contributed by atoms with Crippen LogP contribution >= 0.6 is 0 Å². The second-order valence-corrected chi connectivity index (χ2v) is 5.61. The van der Waals surface area contributed by atoms with Crippen molar-refractivity contribution < 1.29 is 9.53 Å². The Hall–Kier alpha value is -1.55. The predicted octanol–water partition coefficient (Wildman–Crippen LogP) is 2.26. The first-order valence-electron chi connectivity index (χ1n) is 7.29. The minimum atomic E-state index is -0.0643. The average Bonchev–Trinajstić information content (AvgIpc) is 2.45. The first kappa shape index (κ1) is 14.9. The third kappa shape index (κ3) is 3.73. The molecule has 4 nitrogen and oxygen atoms in total. The smallest absolute Gasteiger partial charge is 0.255 e. The molecule has 1 aliphatic heterocycles. The van der Waals surface area contributed by atoms with Gasteiger partial charge in [-0.2, -0.15) is 0 Å². The molecule has 2 N–H and O–H groups in total. The van der Waals surface area contributed by atoms with Crippen molar-refractivity contribution in [2.45, 2.75) is 45.2 Å². The third-order valence-electron chi connectivity index (χ3n) is 3.82. The lowest BCUT2D eigenvalue weighted by molar-refractivity contribution is 0.0943. The van der Waals surface area contributed by atoms with Gasteiger partial charge in [0.15, 0.2) is 0 Å². The van der Waals surface area contributed by atoms with Crippen molar-refractivity contribution >= 4 is 5.91 Å². The number of rotatable bonds is 4. The highest BCUT2D eigenvalue weighted by atomic mass is 16.5. The fourth-order valence-corrected chi connectivity index (χ4v) is 2.71. The Kier molecular flexibility index (Phi) is 5.01. The van der Waals surface area contributed by atoms with E-state index in [1.807, 2.05) is 25.1 Å². The molecule has 0 aliphatic carbocycles. The fourth-order valence-electron chi connectivity index (χ4n) is 2.71. The number of ether oxygens (including phenoxy) is 1. The molecule has 1 fully saturated rings. The number of aryl methyl sites for hydroxylation is 1. The van der Waals surface area contributed by atoms with Crippen LogP contribution in [0.15, 0.2) is 18.2 Å². The van der Waals surface area contributed by atoms with Crippen LogP contribution in [0, 0.1) is 6.92 Å². The van der Waals surface area contributed by atoms with Crippen molar-refractivity contribution in [2.24, 2.45) is 0 Å². The zero-order valence-electron chi connectivity index (χ0n) is 12.5. The molecule has 20 heavy (non-hydrogen) atoms. The van der Waals surface area contributed by atoms with Crippen LogP contribution < -0.4 is 15.4 Å². The van der Waals surface area contributed by atoms with Gasteiger partial charge in [0.25, 0.3) is 5.91 Å². The molecule has 1 amide bonds. The minimum absolute atomic E-state index is 0.0643. The van der Waals surface area contributed by atoms with Gasteiger partial charge < -0.3 is 15.4 Å². The lowest BCUT2D eigenvalue weighted by Crippen LogP contribution is -2.47. The van der Waals surface area contributed by atoms with Gasteiger partial charge in [0.2, 0.25) is 0 Å². The Morgan fingerprint density at radius 2 is 2.25 bits per heavy atom. The van der Waals surface area contributed by atoms with Crippen LogP contribution in [0.2, 0.25) is 0 Å². The van der Waals surface area contributed by atoms with E-state index in [1.165, 1.54) is 12.8 Å². The molecular weight excluding hydrogens is 252 g/mol.